The first-order valence-electron chi connectivity index (χ1n) is 9.48. The van der Waals surface area contributed by atoms with Crippen LogP contribution in [0.3, 0.4) is 0 Å². The number of aromatic hydroxyl groups is 6. The Morgan fingerprint density at radius 1 is 0.706 bits per heavy atom. The molecule has 0 unspecified atom stereocenters. The summed E-state index contributed by atoms with van der Waals surface area (Å²) in [6.45, 7) is -0.749. The monoisotopic (exact) mass is 484 g/mol. The van der Waals surface area contributed by atoms with E-state index in [0.29, 0.717) is 0 Å². The Morgan fingerprint density at radius 3 is 1.62 bits per heavy atom. The van der Waals surface area contributed by atoms with Crippen molar-refractivity contribution < 1.29 is 69.8 Å². The molecule has 2 aromatic rings. The lowest BCUT2D eigenvalue weighted by atomic mass is 9.99. The van der Waals surface area contributed by atoms with Crippen molar-refractivity contribution in [3.63, 3.8) is 0 Å². The fourth-order valence-corrected chi connectivity index (χ4v) is 3.01. The van der Waals surface area contributed by atoms with Crippen LogP contribution in [0.5, 0.6) is 34.5 Å². The second-order valence-corrected chi connectivity index (χ2v) is 7.24. The van der Waals surface area contributed by atoms with E-state index in [9.17, 15) is 55.5 Å². The summed E-state index contributed by atoms with van der Waals surface area (Å²) in [7, 11) is 0. The van der Waals surface area contributed by atoms with Gasteiger partial charge in [0.2, 0.25) is 6.29 Å². The Kier molecular flexibility index (Phi) is 6.88. The molecule has 2 aromatic carbocycles. The maximum absolute atomic E-state index is 12.3. The van der Waals surface area contributed by atoms with Crippen molar-refractivity contribution in [2.75, 3.05) is 6.61 Å². The molecule has 0 aromatic heterocycles. The fraction of sp³-hybridized carbons (Fsp3) is 0.300. The highest BCUT2D eigenvalue weighted by atomic mass is 16.7. The molecule has 5 atom stereocenters. The largest absolute Gasteiger partial charge is 0.504 e. The van der Waals surface area contributed by atoms with Crippen LogP contribution < -0.4 is 0 Å². The normalized spacial score (nSPS) is 24.4. The number of phenols is 6. The third-order valence-electron chi connectivity index (χ3n) is 4.88. The number of ether oxygens (including phenoxy) is 3. The molecule has 1 aliphatic rings. The zero-order valence-corrected chi connectivity index (χ0v) is 17.0. The molecule has 1 heterocycles. The topological polar surface area (TPSA) is 244 Å². The van der Waals surface area contributed by atoms with Crippen LogP contribution in [0.25, 0.3) is 0 Å². The van der Waals surface area contributed by atoms with E-state index in [2.05, 4.69) is 0 Å². The van der Waals surface area contributed by atoms with Crippen LogP contribution in [0.2, 0.25) is 0 Å². The van der Waals surface area contributed by atoms with Gasteiger partial charge in [0, 0.05) is 0 Å². The molecule has 14 heteroatoms. The molecule has 1 saturated heterocycles. The highest BCUT2D eigenvalue weighted by Gasteiger charge is 2.46. The van der Waals surface area contributed by atoms with Crippen molar-refractivity contribution in [1.29, 1.82) is 0 Å². The standard InChI is InChI=1S/C20H20O14/c21-8-1-6(2-9(22)13(8)25)18(30)32-5-12-15(27)16(28)17(29)20(33-12)34-19(31)7-3-10(23)14(26)11(24)4-7/h1-4,12,15-17,20-29H,5H2/t12-,15-,16-,17+,20-/m0/s1. The van der Waals surface area contributed by atoms with Gasteiger partial charge in [0.1, 0.15) is 31.0 Å². The Morgan fingerprint density at radius 2 is 1.15 bits per heavy atom. The van der Waals surface area contributed by atoms with Crippen LogP contribution in [0.15, 0.2) is 24.3 Å². The number of hydrogen-bond donors (Lipinski definition) is 9. The van der Waals surface area contributed by atoms with Crippen molar-refractivity contribution in [2.24, 2.45) is 0 Å². The van der Waals surface area contributed by atoms with Crippen LogP contribution in [-0.4, -0.2) is 95.2 Å². The average Bonchev–Trinajstić information content (AvgIpc) is 2.79. The molecule has 9 N–H and O–H groups in total. The molecule has 1 fully saturated rings. The zero-order valence-electron chi connectivity index (χ0n) is 17.0. The summed E-state index contributed by atoms with van der Waals surface area (Å²) in [5.74, 6) is -7.45. The minimum atomic E-state index is -1.95. The molecule has 0 bridgehead atoms. The first-order valence-corrected chi connectivity index (χ1v) is 9.48. The van der Waals surface area contributed by atoms with Crippen LogP contribution in [-0.2, 0) is 14.2 Å². The number of carbonyl (C=O) groups excluding carboxylic acids is 2. The summed E-state index contributed by atoms with van der Waals surface area (Å²) in [6, 6.07) is 3.08. The first-order chi connectivity index (χ1) is 15.9. The van der Waals surface area contributed by atoms with Gasteiger partial charge in [0.05, 0.1) is 11.1 Å². The molecular weight excluding hydrogens is 464 g/mol. The molecule has 0 aliphatic carbocycles. The molecule has 0 saturated carbocycles. The number of aliphatic hydroxyl groups is 3. The second-order valence-electron chi connectivity index (χ2n) is 7.24. The van der Waals surface area contributed by atoms with E-state index in [-0.39, 0.29) is 5.56 Å². The van der Waals surface area contributed by atoms with Crippen molar-refractivity contribution >= 4 is 11.9 Å². The molecule has 3 rings (SSSR count). The summed E-state index contributed by atoms with van der Waals surface area (Å²) >= 11 is 0. The number of aliphatic hydroxyl groups excluding tert-OH is 3. The summed E-state index contributed by atoms with van der Waals surface area (Å²) in [6.07, 6.45) is -9.09. The van der Waals surface area contributed by atoms with E-state index in [4.69, 9.17) is 14.2 Å². The number of benzene rings is 2. The van der Waals surface area contributed by atoms with E-state index in [1.165, 1.54) is 0 Å². The first kappa shape index (κ1) is 24.7. The van der Waals surface area contributed by atoms with Crippen molar-refractivity contribution in [3.05, 3.63) is 35.4 Å². The fourth-order valence-electron chi connectivity index (χ4n) is 3.01. The predicted molar refractivity (Wildman–Crippen MR) is 105 cm³/mol. The quantitative estimate of drug-likeness (QED) is 0.178. The third-order valence-corrected chi connectivity index (χ3v) is 4.88. The van der Waals surface area contributed by atoms with Gasteiger partial charge in [-0.05, 0) is 24.3 Å². The van der Waals surface area contributed by atoms with E-state index in [1.54, 1.807) is 0 Å². The summed E-state index contributed by atoms with van der Waals surface area (Å²) in [4.78, 5) is 24.5. The lowest BCUT2D eigenvalue weighted by Gasteiger charge is -2.39. The Hall–Kier alpha value is -3.98. The number of hydrogen-bond acceptors (Lipinski definition) is 14. The van der Waals surface area contributed by atoms with E-state index < -0.39 is 89.3 Å². The van der Waals surface area contributed by atoms with Crippen LogP contribution in [0.4, 0.5) is 0 Å². The minimum Gasteiger partial charge on any atom is -0.504 e. The van der Waals surface area contributed by atoms with Crippen molar-refractivity contribution in [3.8, 4) is 34.5 Å². The van der Waals surface area contributed by atoms with E-state index in [0.717, 1.165) is 24.3 Å². The highest BCUT2D eigenvalue weighted by molar-refractivity contribution is 5.91. The van der Waals surface area contributed by atoms with Gasteiger partial charge in [-0.25, -0.2) is 9.59 Å². The lowest BCUT2D eigenvalue weighted by molar-refractivity contribution is -0.285. The maximum atomic E-state index is 12.3. The molecule has 184 valence electrons. The van der Waals surface area contributed by atoms with Crippen LogP contribution in [0.1, 0.15) is 20.7 Å². The van der Waals surface area contributed by atoms with Gasteiger partial charge < -0.3 is 60.2 Å². The van der Waals surface area contributed by atoms with Crippen LogP contribution >= 0.6 is 0 Å². The average molecular weight is 484 g/mol. The van der Waals surface area contributed by atoms with Gasteiger partial charge in [-0.3, -0.25) is 0 Å². The molecular formula is C20H20O14. The second kappa shape index (κ2) is 9.48. The molecule has 0 spiro atoms. The van der Waals surface area contributed by atoms with Gasteiger partial charge in [0.25, 0.3) is 0 Å². The number of esters is 2. The minimum absolute atomic E-state index is 0.381. The predicted octanol–water partition coefficient (Wildman–Crippen LogP) is -1.26. The molecule has 34 heavy (non-hydrogen) atoms. The highest BCUT2D eigenvalue weighted by Crippen LogP contribution is 2.37. The zero-order chi connectivity index (χ0) is 25.3. The Labute approximate surface area is 189 Å². The third kappa shape index (κ3) is 4.84. The molecule has 0 amide bonds. The SMILES string of the molecule is O=C(OC[C@@H]1O[C@@H](OC(=O)c2cc(O)c(O)c(O)c2)[C@H](O)[C@@H](O)[C@H]1O)c1cc(O)c(O)c(O)c1. The smallest absolute Gasteiger partial charge is 0.340 e. The summed E-state index contributed by atoms with van der Waals surface area (Å²) in [5, 5.41) is 86.9. The Balaban J connectivity index is 1.70. The number of phenolic OH excluding ortho intramolecular Hbond substituents is 6. The maximum Gasteiger partial charge on any atom is 0.340 e. The van der Waals surface area contributed by atoms with E-state index >= 15 is 0 Å². The summed E-state index contributed by atoms with van der Waals surface area (Å²) < 4.78 is 15.0. The van der Waals surface area contributed by atoms with Gasteiger partial charge >= 0.3 is 11.9 Å². The number of carbonyl (C=O) groups is 2. The van der Waals surface area contributed by atoms with Gasteiger partial charge in [0.15, 0.2) is 34.5 Å². The molecule has 0 radical (unpaired) electrons. The molecule has 14 nitrogen and oxygen atoms in total. The summed E-state index contributed by atoms with van der Waals surface area (Å²) in [5.41, 5.74) is -0.840. The Bertz CT molecular complexity index is 1050. The van der Waals surface area contributed by atoms with Gasteiger partial charge in [-0.15, -0.1) is 0 Å². The van der Waals surface area contributed by atoms with Crippen molar-refractivity contribution in [1.82, 2.24) is 0 Å². The van der Waals surface area contributed by atoms with Gasteiger partial charge in [-0.1, -0.05) is 0 Å². The van der Waals surface area contributed by atoms with Gasteiger partial charge in [-0.2, -0.15) is 0 Å². The van der Waals surface area contributed by atoms with E-state index in [1.807, 2.05) is 0 Å². The molecule has 1 aliphatic heterocycles. The lowest BCUT2D eigenvalue weighted by Crippen LogP contribution is -2.59. The number of rotatable bonds is 5. The van der Waals surface area contributed by atoms with Crippen molar-refractivity contribution in [2.45, 2.75) is 30.7 Å². The van der Waals surface area contributed by atoms with Crippen LogP contribution in [0, 0.1) is 0 Å².